The van der Waals surface area contributed by atoms with Crippen molar-refractivity contribution in [1.29, 1.82) is 0 Å². The number of anilines is 1. The molecule has 150 valence electrons. The number of benzene rings is 1. The highest BCUT2D eigenvalue weighted by atomic mass is 32.2. The third-order valence-electron chi connectivity index (χ3n) is 4.90. The standard InChI is InChI=1S/C20H26N4O3S/c21-9-4-3-8-18(25)24-11-5-10-23(12-13-24)16-7-2-1-6-15(16)14-17-19(26)22-20(27)28-17/h1-2,6-7,14H,3-5,8-13,21H2,(H,22,26,27)/b17-14-. The largest absolute Gasteiger partial charge is 0.369 e. The fraction of sp³-hybridized carbons (Fsp3) is 0.450. The quantitative estimate of drug-likeness (QED) is 0.559. The maximum Gasteiger partial charge on any atom is 0.290 e. The van der Waals surface area contributed by atoms with Gasteiger partial charge >= 0.3 is 0 Å². The third-order valence-corrected chi connectivity index (χ3v) is 5.71. The number of imide groups is 1. The maximum atomic E-state index is 12.4. The summed E-state index contributed by atoms with van der Waals surface area (Å²) in [5.41, 5.74) is 7.42. The van der Waals surface area contributed by atoms with Gasteiger partial charge in [-0.15, -0.1) is 0 Å². The summed E-state index contributed by atoms with van der Waals surface area (Å²) < 4.78 is 0. The molecule has 2 aliphatic rings. The van der Waals surface area contributed by atoms with Crippen LogP contribution >= 0.6 is 11.8 Å². The number of hydrogen-bond donors (Lipinski definition) is 2. The lowest BCUT2D eigenvalue weighted by Crippen LogP contribution is -2.35. The molecule has 3 N–H and O–H groups in total. The summed E-state index contributed by atoms with van der Waals surface area (Å²) in [6.07, 6.45) is 4.93. The van der Waals surface area contributed by atoms with Crippen LogP contribution in [0.15, 0.2) is 29.2 Å². The number of amides is 3. The molecule has 2 heterocycles. The molecule has 1 aromatic carbocycles. The van der Waals surface area contributed by atoms with Crippen LogP contribution in [0, 0.1) is 0 Å². The van der Waals surface area contributed by atoms with Crippen LogP contribution in [-0.2, 0) is 9.59 Å². The number of rotatable bonds is 6. The zero-order valence-corrected chi connectivity index (χ0v) is 16.7. The Morgan fingerprint density at radius 1 is 1.14 bits per heavy atom. The summed E-state index contributed by atoms with van der Waals surface area (Å²) in [5, 5.41) is 1.95. The van der Waals surface area contributed by atoms with Gasteiger partial charge in [0.2, 0.25) is 5.91 Å². The van der Waals surface area contributed by atoms with E-state index < -0.39 is 0 Å². The van der Waals surface area contributed by atoms with Crippen molar-refractivity contribution in [2.75, 3.05) is 37.6 Å². The number of unbranched alkanes of at least 4 members (excludes halogenated alkanes) is 1. The molecule has 2 aliphatic heterocycles. The molecule has 0 spiro atoms. The molecule has 2 saturated heterocycles. The second-order valence-electron chi connectivity index (χ2n) is 6.88. The van der Waals surface area contributed by atoms with Crippen LogP contribution in [0.1, 0.15) is 31.2 Å². The molecule has 1 aromatic rings. The van der Waals surface area contributed by atoms with E-state index in [2.05, 4.69) is 10.2 Å². The molecule has 0 aromatic heterocycles. The van der Waals surface area contributed by atoms with E-state index in [1.165, 1.54) is 0 Å². The SMILES string of the molecule is NCCCCC(=O)N1CCCN(c2ccccc2/C=C2\SC(=O)NC2=O)CC1. The summed E-state index contributed by atoms with van der Waals surface area (Å²) in [7, 11) is 0. The molecule has 7 nitrogen and oxygen atoms in total. The summed E-state index contributed by atoms with van der Waals surface area (Å²) >= 11 is 0.923. The topological polar surface area (TPSA) is 95.7 Å². The van der Waals surface area contributed by atoms with Crippen molar-refractivity contribution >= 4 is 40.6 Å². The number of nitrogens with zero attached hydrogens (tertiary/aromatic N) is 2. The zero-order valence-electron chi connectivity index (χ0n) is 15.9. The lowest BCUT2D eigenvalue weighted by molar-refractivity contribution is -0.131. The van der Waals surface area contributed by atoms with Crippen molar-refractivity contribution in [3.8, 4) is 0 Å². The fourth-order valence-corrected chi connectivity index (χ4v) is 4.12. The van der Waals surface area contributed by atoms with E-state index in [1.807, 2.05) is 29.2 Å². The van der Waals surface area contributed by atoms with Gasteiger partial charge in [0.1, 0.15) is 0 Å². The molecule has 3 rings (SSSR count). The molecule has 0 saturated carbocycles. The summed E-state index contributed by atoms with van der Waals surface area (Å²) in [5.74, 6) is -0.154. The molecule has 0 aliphatic carbocycles. The van der Waals surface area contributed by atoms with E-state index in [0.29, 0.717) is 24.4 Å². The number of nitrogens with one attached hydrogen (secondary N) is 1. The van der Waals surface area contributed by atoms with Crippen LogP contribution in [0.4, 0.5) is 10.5 Å². The van der Waals surface area contributed by atoms with Gasteiger partial charge in [-0.2, -0.15) is 0 Å². The Hall–Kier alpha value is -2.32. The first-order valence-electron chi connectivity index (χ1n) is 9.65. The second kappa shape index (κ2) is 9.75. The molecule has 28 heavy (non-hydrogen) atoms. The molecule has 0 bridgehead atoms. The Labute approximate surface area is 169 Å². The Bertz CT molecular complexity index is 780. The lowest BCUT2D eigenvalue weighted by Gasteiger charge is -2.25. The maximum absolute atomic E-state index is 12.4. The molecule has 0 radical (unpaired) electrons. The van der Waals surface area contributed by atoms with Crippen LogP contribution in [0.2, 0.25) is 0 Å². The van der Waals surface area contributed by atoms with Gasteiger partial charge in [-0.05, 0) is 55.3 Å². The van der Waals surface area contributed by atoms with Crippen molar-refractivity contribution in [3.63, 3.8) is 0 Å². The Kier molecular flexibility index (Phi) is 7.11. The fourth-order valence-electron chi connectivity index (χ4n) is 3.45. The summed E-state index contributed by atoms with van der Waals surface area (Å²) in [6, 6.07) is 7.84. The highest BCUT2D eigenvalue weighted by Crippen LogP contribution is 2.30. The number of thioether (sulfide) groups is 1. The van der Waals surface area contributed by atoms with E-state index in [1.54, 1.807) is 6.08 Å². The van der Waals surface area contributed by atoms with Crippen molar-refractivity contribution < 1.29 is 14.4 Å². The van der Waals surface area contributed by atoms with E-state index in [4.69, 9.17) is 5.73 Å². The Balaban J connectivity index is 1.69. The molecule has 3 amide bonds. The minimum Gasteiger partial charge on any atom is -0.369 e. The predicted octanol–water partition coefficient (Wildman–Crippen LogP) is 2.18. The van der Waals surface area contributed by atoms with Gasteiger partial charge in [-0.3, -0.25) is 19.7 Å². The summed E-state index contributed by atoms with van der Waals surface area (Å²) in [6.45, 7) is 3.63. The van der Waals surface area contributed by atoms with Crippen molar-refractivity contribution in [1.82, 2.24) is 10.2 Å². The first-order valence-corrected chi connectivity index (χ1v) is 10.5. The number of carbonyl (C=O) groups is 3. The lowest BCUT2D eigenvalue weighted by atomic mass is 10.1. The molecular formula is C20H26N4O3S. The normalized spacial score (nSPS) is 19.1. The number of carbonyl (C=O) groups excluding carboxylic acids is 3. The Morgan fingerprint density at radius 2 is 1.96 bits per heavy atom. The number of hydrogen-bond acceptors (Lipinski definition) is 6. The molecule has 0 unspecified atom stereocenters. The highest BCUT2D eigenvalue weighted by Gasteiger charge is 2.26. The molecular weight excluding hydrogens is 376 g/mol. The van der Waals surface area contributed by atoms with Gasteiger partial charge in [0.25, 0.3) is 11.1 Å². The first kappa shape index (κ1) is 20.4. The average Bonchev–Trinajstić information content (AvgIpc) is 2.87. The van der Waals surface area contributed by atoms with E-state index in [9.17, 15) is 14.4 Å². The second-order valence-corrected chi connectivity index (χ2v) is 7.89. The van der Waals surface area contributed by atoms with Crippen molar-refractivity contribution in [2.24, 2.45) is 5.73 Å². The summed E-state index contributed by atoms with van der Waals surface area (Å²) in [4.78, 5) is 40.3. The van der Waals surface area contributed by atoms with Gasteiger partial charge in [-0.25, -0.2) is 0 Å². The third kappa shape index (κ3) is 5.14. The van der Waals surface area contributed by atoms with Crippen LogP contribution in [-0.4, -0.2) is 54.7 Å². The van der Waals surface area contributed by atoms with Gasteiger partial charge in [0, 0.05) is 38.3 Å². The van der Waals surface area contributed by atoms with Gasteiger partial charge in [0.05, 0.1) is 4.91 Å². The van der Waals surface area contributed by atoms with Crippen LogP contribution in [0.3, 0.4) is 0 Å². The van der Waals surface area contributed by atoms with Gasteiger partial charge in [-0.1, -0.05) is 18.2 Å². The Morgan fingerprint density at radius 3 is 2.71 bits per heavy atom. The number of para-hydroxylation sites is 1. The minimum atomic E-state index is -0.352. The van der Waals surface area contributed by atoms with Crippen LogP contribution in [0.5, 0.6) is 0 Å². The zero-order chi connectivity index (χ0) is 19.9. The molecule has 0 atom stereocenters. The van der Waals surface area contributed by atoms with E-state index >= 15 is 0 Å². The predicted molar refractivity (Wildman–Crippen MR) is 112 cm³/mol. The molecule has 8 heteroatoms. The smallest absolute Gasteiger partial charge is 0.290 e. The first-order chi connectivity index (χ1) is 13.6. The van der Waals surface area contributed by atoms with E-state index in [0.717, 1.165) is 61.9 Å². The molecule has 2 fully saturated rings. The minimum absolute atomic E-state index is 0.197. The van der Waals surface area contributed by atoms with Crippen LogP contribution in [0.25, 0.3) is 6.08 Å². The number of nitrogens with two attached hydrogens (primary N) is 1. The van der Waals surface area contributed by atoms with Crippen molar-refractivity contribution in [3.05, 3.63) is 34.7 Å². The van der Waals surface area contributed by atoms with Crippen LogP contribution < -0.4 is 16.0 Å². The van der Waals surface area contributed by atoms with E-state index in [-0.39, 0.29) is 17.1 Å². The van der Waals surface area contributed by atoms with Crippen molar-refractivity contribution in [2.45, 2.75) is 25.7 Å². The monoisotopic (exact) mass is 402 g/mol. The van der Waals surface area contributed by atoms with Gasteiger partial charge in [0.15, 0.2) is 0 Å². The average molecular weight is 403 g/mol. The van der Waals surface area contributed by atoms with Gasteiger partial charge < -0.3 is 15.5 Å². The highest BCUT2D eigenvalue weighted by molar-refractivity contribution is 8.18.